The number of amidine groups is 1. The molecule has 2 amide bonds. The van der Waals surface area contributed by atoms with Crippen molar-refractivity contribution in [2.45, 2.75) is 89.1 Å². The van der Waals surface area contributed by atoms with Crippen molar-refractivity contribution in [2.24, 2.45) is 4.99 Å². The average molecular weight is 661 g/mol. The number of aromatic nitrogens is 1. The van der Waals surface area contributed by atoms with Crippen LogP contribution in [0.15, 0.2) is 41.5 Å². The van der Waals surface area contributed by atoms with Gasteiger partial charge in [0, 0.05) is 11.8 Å². The Hall–Kier alpha value is -4.22. The first-order valence-corrected chi connectivity index (χ1v) is 15.8. The van der Waals surface area contributed by atoms with Crippen LogP contribution in [0.4, 0.5) is 24.1 Å². The third-order valence-electron chi connectivity index (χ3n) is 7.17. The fraction of sp³-hybridized carbons (Fsp3) is 0.469. The van der Waals surface area contributed by atoms with E-state index in [4.69, 9.17) is 16.0 Å². The van der Waals surface area contributed by atoms with E-state index >= 15 is 8.78 Å². The number of hydrogen-bond donors (Lipinski definition) is 1. The highest BCUT2D eigenvalue weighted by Crippen LogP contribution is 2.45. The minimum absolute atomic E-state index is 0.0557. The number of sulfone groups is 1. The normalized spacial score (nSPS) is 21.1. The van der Waals surface area contributed by atoms with Gasteiger partial charge in [-0.3, -0.25) is 9.98 Å². The zero-order valence-corrected chi connectivity index (χ0v) is 28.0. The van der Waals surface area contributed by atoms with Gasteiger partial charge in [-0.05, 0) is 92.2 Å². The summed E-state index contributed by atoms with van der Waals surface area (Å²) in [6.45, 7) is 18.8. The number of halogens is 2. The molecular formula is C32H38F2N4O7S. The van der Waals surface area contributed by atoms with Crippen LogP contribution in [0, 0.1) is 12.4 Å². The van der Waals surface area contributed by atoms with Crippen LogP contribution in [-0.4, -0.2) is 69.2 Å². The van der Waals surface area contributed by atoms with Gasteiger partial charge in [-0.1, -0.05) is 12.1 Å². The van der Waals surface area contributed by atoms with Gasteiger partial charge >= 0.3 is 12.2 Å². The Balaban J connectivity index is 2.34. The van der Waals surface area contributed by atoms with E-state index in [1.165, 1.54) is 86.7 Å². The van der Waals surface area contributed by atoms with Crippen LogP contribution in [0.25, 0.3) is 16.7 Å². The summed E-state index contributed by atoms with van der Waals surface area (Å²) in [5.41, 5.74) is -4.90. The standard InChI is InChI=1S/C32H38F2N4O7S/c1-19-32(18-39,22-15-20(11-13-23(22)33)16-24(34)25-14-12-21(35-10)17-36-25)37-26(31(8,9)46(19,42)43)38(27(40)44-29(2,3)4)28(41)45-30(5,6)7/h11-17,19,39H,18H2,1-9H3/b24-16-/t19-,32+/m1/s1. The van der Waals surface area contributed by atoms with Crippen LogP contribution in [0.5, 0.6) is 0 Å². The van der Waals surface area contributed by atoms with E-state index in [1.807, 2.05) is 0 Å². The third-order valence-corrected chi connectivity index (χ3v) is 10.1. The Morgan fingerprint density at radius 1 is 1.09 bits per heavy atom. The monoisotopic (exact) mass is 660 g/mol. The highest BCUT2D eigenvalue weighted by Gasteiger charge is 2.60. The fourth-order valence-electron chi connectivity index (χ4n) is 4.73. The molecule has 1 aliphatic rings. The molecule has 2 atom stereocenters. The Morgan fingerprint density at radius 2 is 1.65 bits per heavy atom. The number of carbonyl (C=O) groups is 2. The summed E-state index contributed by atoms with van der Waals surface area (Å²) >= 11 is 0. The fourth-order valence-corrected chi connectivity index (χ4v) is 6.77. The summed E-state index contributed by atoms with van der Waals surface area (Å²) in [6, 6.07) is 5.95. The molecule has 0 bridgehead atoms. The number of nitrogens with zero attached hydrogens (tertiary/aromatic N) is 4. The number of pyridine rings is 1. The topological polar surface area (TPSA) is 140 Å². The molecule has 11 nitrogen and oxygen atoms in total. The molecule has 0 spiro atoms. The Labute approximate surface area is 267 Å². The summed E-state index contributed by atoms with van der Waals surface area (Å²) in [6.07, 6.45) is -0.416. The van der Waals surface area contributed by atoms with E-state index in [1.54, 1.807) is 0 Å². The number of aliphatic hydroxyl groups excluding tert-OH is 1. The Kier molecular flexibility index (Phi) is 9.87. The molecule has 46 heavy (non-hydrogen) atoms. The van der Waals surface area contributed by atoms with Gasteiger partial charge < -0.3 is 14.6 Å². The lowest BCUT2D eigenvalue weighted by atomic mass is 9.85. The van der Waals surface area contributed by atoms with Gasteiger partial charge in [-0.15, -0.1) is 0 Å². The van der Waals surface area contributed by atoms with Gasteiger partial charge in [-0.2, -0.15) is 4.90 Å². The molecule has 1 aromatic heterocycles. The summed E-state index contributed by atoms with van der Waals surface area (Å²) in [5.74, 6) is -2.50. The number of ether oxygens (including phenoxy) is 2. The molecule has 1 aliphatic heterocycles. The van der Waals surface area contributed by atoms with E-state index in [9.17, 15) is 23.1 Å². The van der Waals surface area contributed by atoms with Crippen LogP contribution in [0.1, 0.15) is 79.1 Å². The molecule has 0 fully saturated rings. The largest absolute Gasteiger partial charge is 0.443 e. The number of aliphatic hydroxyl groups is 1. The molecule has 2 heterocycles. The number of imide groups is 1. The highest BCUT2D eigenvalue weighted by atomic mass is 32.2. The van der Waals surface area contributed by atoms with Gasteiger partial charge in [0.25, 0.3) is 0 Å². The molecular weight excluding hydrogens is 622 g/mol. The van der Waals surface area contributed by atoms with Crippen molar-refractivity contribution < 1.29 is 41.4 Å². The molecule has 248 valence electrons. The lowest BCUT2D eigenvalue weighted by Crippen LogP contribution is -2.64. The number of hydrogen-bond acceptors (Lipinski definition) is 9. The SMILES string of the molecule is [C-]#[N+]c1ccc(/C(F)=C/c2ccc(F)c([C@@]3(CO)N=C(N(C(=O)OC(C)(C)C)C(=O)OC(C)(C)C)C(C)(C)S(=O)(=O)[C@@H]3C)c2)nc1. The average Bonchev–Trinajstić information content (AvgIpc) is 2.93. The van der Waals surface area contributed by atoms with Crippen LogP contribution in [0.2, 0.25) is 0 Å². The second-order valence-electron chi connectivity index (χ2n) is 13.3. The van der Waals surface area contributed by atoms with Gasteiger partial charge in [0.15, 0.2) is 9.84 Å². The predicted octanol–water partition coefficient (Wildman–Crippen LogP) is 6.59. The quantitative estimate of drug-likeness (QED) is 0.362. The maximum Gasteiger partial charge on any atom is 0.425 e. The molecule has 3 rings (SSSR count). The van der Waals surface area contributed by atoms with Crippen molar-refractivity contribution >= 4 is 45.4 Å². The first-order chi connectivity index (χ1) is 21.0. The number of rotatable bonds is 4. The number of benzene rings is 1. The molecule has 0 saturated heterocycles. The number of aliphatic imine (C=N–C) groups is 1. The van der Waals surface area contributed by atoms with Gasteiger partial charge in [-0.25, -0.2) is 31.6 Å². The number of amides is 2. The van der Waals surface area contributed by atoms with E-state index in [-0.39, 0.29) is 16.9 Å². The second kappa shape index (κ2) is 12.5. The van der Waals surface area contributed by atoms with Crippen LogP contribution < -0.4 is 0 Å². The van der Waals surface area contributed by atoms with Crippen molar-refractivity contribution in [2.75, 3.05) is 6.61 Å². The summed E-state index contributed by atoms with van der Waals surface area (Å²) in [5, 5.41) is 9.22. The first-order valence-electron chi connectivity index (χ1n) is 14.2. The van der Waals surface area contributed by atoms with Gasteiger partial charge in [0.05, 0.1) is 24.1 Å². The highest BCUT2D eigenvalue weighted by molar-refractivity contribution is 7.94. The van der Waals surface area contributed by atoms with E-state index < -0.39 is 78.4 Å². The molecule has 0 saturated carbocycles. The lowest BCUT2D eigenvalue weighted by molar-refractivity contribution is 0.0137. The van der Waals surface area contributed by atoms with E-state index in [2.05, 4.69) is 14.8 Å². The van der Waals surface area contributed by atoms with Gasteiger partial charge in [0.1, 0.15) is 39.0 Å². The lowest BCUT2D eigenvalue weighted by Gasteiger charge is -2.46. The Morgan fingerprint density at radius 3 is 2.11 bits per heavy atom. The van der Waals surface area contributed by atoms with Crippen molar-refractivity contribution in [3.63, 3.8) is 0 Å². The summed E-state index contributed by atoms with van der Waals surface area (Å²) in [7, 11) is -4.50. The zero-order chi connectivity index (χ0) is 35.0. The molecule has 0 aliphatic carbocycles. The Bertz CT molecular complexity index is 1710. The van der Waals surface area contributed by atoms with Gasteiger partial charge in [0.2, 0.25) is 5.69 Å². The summed E-state index contributed by atoms with van der Waals surface area (Å²) < 4.78 is 68.0. The molecule has 14 heteroatoms. The van der Waals surface area contributed by atoms with Crippen molar-refractivity contribution in [3.05, 3.63) is 70.6 Å². The van der Waals surface area contributed by atoms with Crippen LogP contribution in [0.3, 0.4) is 0 Å². The first kappa shape index (κ1) is 36.3. The van der Waals surface area contributed by atoms with Crippen LogP contribution >= 0.6 is 0 Å². The minimum atomic E-state index is -4.50. The summed E-state index contributed by atoms with van der Waals surface area (Å²) in [4.78, 5) is 39.0. The van der Waals surface area contributed by atoms with E-state index in [0.717, 1.165) is 18.2 Å². The molecule has 0 radical (unpaired) electrons. The molecule has 2 aromatic rings. The van der Waals surface area contributed by atoms with Crippen LogP contribution in [-0.2, 0) is 24.8 Å². The smallest absolute Gasteiger partial charge is 0.425 e. The molecule has 1 N–H and O–H groups in total. The maximum absolute atomic E-state index is 15.7. The number of carbonyl (C=O) groups excluding carboxylic acids is 2. The molecule has 0 unspecified atom stereocenters. The predicted molar refractivity (Wildman–Crippen MR) is 169 cm³/mol. The third kappa shape index (κ3) is 7.10. The van der Waals surface area contributed by atoms with E-state index in [0.29, 0.717) is 4.90 Å². The zero-order valence-electron chi connectivity index (χ0n) is 27.2. The maximum atomic E-state index is 15.7. The minimum Gasteiger partial charge on any atom is -0.443 e. The van der Waals surface area contributed by atoms with Crippen molar-refractivity contribution in [1.29, 1.82) is 0 Å². The van der Waals surface area contributed by atoms with Crippen molar-refractivity contribution in [1.82, 2.24) is 9.88 Å². The second-order valence-corrected chi connectivity index (χ2v) is 16.1. The van der Waals surface area contributed by atoms with Crippen molar-refractivity contribution in [3.8, 4) is 0 Å². The molecule has 1 aromatic carbocycles.